The van der Waals surface area contributed by atoms with Gasteiger partial charge in [-0.25, -0.2) is 0 Å². The summed E-state index contributed by atoms with van der Waals surface area (Å²) in [5.41, 5.74) is 3.68. The maximum absolute atomic E-state index is 5.06. The van der Waals surface area contributed by atoms with Crippen LogP contribution in [0.2, 0.25) is 0 Å². The zero-order chi connectivity index (χ0) is 16.0. The Morgan fingerprint density at radius 1 is 1.26 bits per heavy atom. The highest BCUT2D eigenvalue weighted by molar-refractivity contribution is 8.14. The number of hydrogen-bond acceptors (Lipinski definition) is 4. The SMILES string of the molecule is CC[C@@H]1CSC2=N[C@H](c3ccccn3)[C@H](c3ccc(C)n3C)N21. The number of aliphatic imine (C=N–C) groups is 1. The molecule has 5 heteroatoms. The lowest BCUT2D eigenvalue weighted by Crippen LogP contribution is -2.36. The first-order valence-electron chi connectivity index (χ1n) is 8.22. The van der Waals surface area contributed by atoms with Crippen molar-refractivity contribution >= 4 is 16.9 Å². The summed E-state index contributed by atoms with van der Waals surface area (Å²) in [6.07, 6.45) is 3.03. The second-order valence-electron chi connectivity index (χ2n) is 6.29. The molecule has 2 aliphatic rings. The van der Waals surface area contributed by atoms with Crippen LogP contribution in [-0.2, 0) is 7.05 Å². The predicted octanol–water partition coefficient (Wildman–Crippen LogP) is 3.71. The van der Waals surface area contributed by atoms with E-state index in [0.717, 1.165) is 17.9 Å². The lowest BCUT2D eigenvalue weighted by Gasteiger charge is -2.32. The van der Waals surface area contributed by atoms with Crippen molar-refractivity contribution in [2.24, 2.45) is 12.0 Å². The molecule has 0 N–H and O–H groups in total. The van der Waals surface area contributed by atoms with Crippen LogP contribution in [0.3, 0.4) is 0 Å². The number of thioether (sulfide) groups is 1. The van der Waals surface area contributed by atoms with Crippen molar-refractivity contribution in [3.63, 3.8) is 0 Å². The molecule has 3 atom stereocenters. The molecule has 0 radical (unpaired) electrons. The molecular weight excluding hydrogens is 304 g/mol. The average molecular weight is 326 g/mol. The molecule has 23 heavy (non-hydrogen) atoms. The third-order valence-corrected chi connectivity index (χ3v) is 6.17. The summed E-state index contributed by atoms with van der Waals surface area (Å²) in [6.45, 7) is 4.43. The number of fused-ring (bicyclic) bond motifs is 1. The van der Waals surface area contributed by atoms with E-state index in [-0.39, 0.29) is 12.1 Å². The second kappa shape index (κ2) is 5.71. The van der Waals surface area contributed by atoms with Crippen molar-refractivity contribution in [1.29, 1.82) is 0 Å². The normalized spacial score (nSPS) is 26.5. The Labute approximate surface area is 141 Å². The molecule has 0 unspecified atom stereocenters. The molecule has 2 aliphatic heterocycles. The summed E-state index contributed by atoms with van der Waals surface area (Å²) >= 11 is 1.89. The van der Waals surface area contributed by atoms with Crippen molar-refractivity contribution in [2.75, 3.05) is 5.75 Å². The van der Waals surface area contributed by atoms with Crippen LogP contribution in [0.5, 0.6) is 0 Å². The van der Waals surface area contributed by atoms with Gasteiger partial charge in [0.1, 0.15) is 6.04 Å². The standard InChI is InChI=1S/C18H22N4S/c1-4-13-11-23-18-20-16(14-7-5-6-10-19-14)17(22(13)18)15-9-8-12(2)21(15)3/h5-10,13,16-17H,4,11H2,1-3H3/t13-,16-,17+/m1/s1. The third-order valence-electron chi connectivity index (χ3n) is 5.04. The van der Waals surface area contributed by atoms with Gasteiger partial charge in [-0.05, 0) is 37.6 Å². The molecule has 1 saturated heterocycles. The van der Waals surface area contributed by atoms with Crippen LogP contribution in [0.25, 0.3) is 0 Å². The summed E-state index contributed by atoms with van der Waals surface area (Å²) in [5.74, 6) is 1.14. The number of aromatic nitrogens is 2. The molecule has 4 rings (SSSR count). The molecule has 0 aliphatic carbocycles. The zero-order valence-corrected chi connectivity index (χ0v) is 14.6. The maximum Gasteiger partial charge on any atom is 0.160 e. The molecule has 0 amide bonds. The van der Waals surface area contributed by atoms with Gasteiger partial charge in [0.25, 0.3) is 0 Å². The minimum atomic E-state index is 0.0843. The Balaban J connectivity index is 1.82. The van der Waals surface area contributed by atoms with Crippen LogP contribution in [0.1, 0.15) is 42.5 Å². The van der Waals surface area contributed by atoms with Crippen LogP contribution >= 0.6 is 11.8 Å². The van der Waals surface area contributed by atoms with Crippen molar-refractivity contribution in [3.05, 3.63) is 53.6 Å². The number of pyridine rings is 1. The lowest BCUT2D eigenvalue weighted by molar-refractivity contribution is 0.247. The van der Waals surface area contributed by atoms with E-state index in [1.54, 1.807) is 0 Å². The van der Waals surface area contributed by atoms with E-state index in [4.69, 9.17) is 4.99 Å². The van der Waals surface area contributed by atoms with E-state index in [2.05, 4.69) is 59.6 Å². The zero-order valence-electron chi connectivity index (χ0n) is 13.8. The van der Waals surface area contributed by atoms with Gasteiger partial charge in [0.2, 0.25) is 0 Å². The van der Waals surface area contributed by atoms with Crippen LogP contribution < -0.4 is 0 Å². The topological polar surface area (TPSA) is 33.4 Å². The highest BCUT2D eigenvalue weighted by Gasteiger charge is 2.46. The number of nitrogens with zero attached hydrogens (tertiary/aromatic N) is 4. The Kier molecular flexibility index (Phi) is 3.68. The van der Waals surface area contributed by atoms with Crippen molar-refractivity contribution in [3.8, 4) is 0 Å². The van der Waals surface area contributed by atoms with E-state index in [9.17, 15) is 0 Å². The van der Waals surface area contributed by atoms with Crippen LogP contribution in [0, 0.1) is 6.92 Å². The van der Waals surface area contributed by atoms with Gasteiger partial charge in [0.15, 0.2) is 5.17 Å². The van der Waals surface area contributed by atoms with Crippen molar-refractivity contribution in [2.45, 2.75) is 38.4 Å². The minimum absolute atomic E-state index is 0.0843. The first kappa shape index (κ1) is 14.8. The molecular formula is C18H22N4S. The number of amidine groups is 1. The lowest BCUT2D eigenvalue weighted by atomic mass is 9.99. The molecule has 1 fully saturated rings. The van der Waals surface area contributed by atoms with E-state index < -0.39 is 0 Å². The molecule has 0 bridgehead atoms. The molecule has 4 nitrogen and oxygen atoms in total. The second-order valence-corrected chi connectivity index (χ2v) is 7.28. The molecule has 0 saturated carbocycles. The van der Waals surface area contributed by atoms with Crippen molar-refractivity contribution < 1.29 is 0 Å². The molecule has 2 aromatic rings. The van der Waals surface area contributed by atoms with E-state index in [1.807, 2.05) is 24.0 Å². The van der Waals surface area contributed by atoms with Crippen LogP contribution in [0.4, 0.5) is 0 Å². The van der Waals surface area contributed by atoms with E-state index >= 15 is 0 Å². The number of aryl methyl sites for hydroxylation is 1. The fourth-order valence-corrected chi connectivity index (χ4v) is 4.94. The average Bonchev–Trinajstić information content (AvgIpc) is 3.23. The van der Waals surface area contributed by atoms with Gasteiger partial charge in [-0.15, -0.1) is 0 Å². The molecule has 2 aromatic heterocycles. The minimum Gasteiger partial charge on any atom is -0.350 e. The van der Waals surface area contributed by atoms with Crippen molar-refractivity contribution in [1.82, 2.24) is 14.5 Å². The predicted molar refractivity (Wildman–Crippen MR) is 95.7 cm³/mol. The summed E-state index contributed by atoms with van der Waals surface area (Å²) in [6, 6.07) is 11.5. The largest absolute Gasteiger partial charge is 0.350 e. The Morgan fingerprint density at radius 2 is 2.13 bits per heavy atom. The molecule has 4 heterocycles. The summed E-state index contributed by atoms with van der Waals surface area (Å²) in [4.78, 5) is 12.2. The van der Waals surface area contributed by atoms with E-state index in [0.29, 0.717) is 6.04 Å². The first-order chi connectivity index (χ1) is 11.2. The summed E-state index contributed by atoms with van der Waals surface area (Å²) < 4.78 is 2.30. The number of hydrogen-bond donors (Lipinski definition) is 0. The number of rotatable bonds is 3. The highest BCUT2D eigenvalue weighted by atomic mass is 32.2. The Hall–Kier alpha value is -1.75. The van der Waals surface area contributed by atoms with Crippen LogP contribution in [-0.4, -0.2) is 31.4 Å². The molecule has 0 spiro atoms. The summed E-state index contributed by atoms with van der Waals surface area (Å²) in [7, 11) is 2.16. The van der Waals surface area contributed by atoms with Gasteiger partial charge in [-0.3, -0.25) is 9.98 Å². The Bertz CT molecular complexity index is 737. The van der Waals surface area contributed by atoms with Gasteiger partial charge in [-0.1, -0.05) is 24.8 Å². The Morgan fingerprint density at radius 3 is 2.78 bits per heavy atom. The summed E-state index contributed by atoms with van der Waals surface area (Å²) in [5, 5.41) is 1.19. The monoisotopic (exact) mass is 326 g/mol. The molecule has 0 aromatic carbocycles. The van der Waals surface area contributed by atoms with E-state index in [1.165, 1.54) is 16.6 Å². The van der Waals surface area contributed by atoms with Gasteiger partial charge >= 0.3 is 0 Å². The molecule has 120 valence electrons. The van der Waals surface area contributed by atoms with Crippen LogP contribution in [0.15, 0.2) is 41.5 Å². The highest BCUT2D eigenvalue weighted by Crippen LogP contribution is 2.48. The smallest absolute Gasteiger partial charge is 0.160 e. The quantitative estimate of drug-likeness (QED) is 0.862. The van der Waals surface area contributed by atoms with Gasteiger partial charge in [0, 0.05) is 36.4 Å². The maximum atomic E-state index is 5.06. The van der Waals surface area contributed by atoms with Gasteiger partial charge in [-0.2, -0.15) is 0 Å². The van der Waals surface area contributed by atoms with Gasteiger partial charge in [0.05, 0.1) is 11.7 Å². The fourth-order valence-electron chi connectivity index (χ4n) is 3.60. The van der Waals surface area contributed by atoms with Gasteiger partial charge < -0.3 is 9.47 Å². The first-order valence-corrected chi connectivity index (χ1v) is 9.21. The fraction of sp³-hybridized carbons (Fsp3) is 0.444. The third kappa shape index (κ3) is 2.29.